The van der Waals surface area contributed by atoms with Crippen LogP contribution in [-0.2, 0) is 0 Å². The second-order valence-electron chi connectivity index (χ2n) is 1.92. The highest BCUT2D eigenvalue weighted by Gasteiger charge is 2.07. The van der Waals surface area contributed by atoms with E-state index in [1.807, 2.05) is 0 Å². The Morgan fingerprint density at radius 2 is 1.91 bits per heavy atom. The fourth-order valence-electron chi connectivity index (χ4n) is 0.637. The molecule has 0 aliphatic heterocycles. The van der Waals surface area contributed by atoms with E-state index in [2.05, 4.69) is 0 Å². The molecular formula is C6H3BClF2O. The van der Waals surface area contributed by atoms with Crippen molar-refractivity contribution in [2.45, 2.75) is 0 Å². The molecule has 0 spiro atoms. The fourth-order valence-corrected chi connectivity index (χ4v) is 0.809. The van der Waals surface area contributed by atoms with Gasteiger partial charge in [0.2, 0.25) is 0 Å². The topological polar surface area (TPSA) is 20.2 Å². The SMILES string of the molecule is O[B]c1cc(Cl)c(F)cc1F. The summed E-state index contributed by atoms with van der Waals surface area (Å²) in [5.74, 6) is -1.68. The summed E-state index contributed by atoms with van der Waals surface area (Å²) in [6.07, 6.45) is 0. The lowest BCUT2D eigenvalue weighted by molar-refractivity contribution is 0.580. The van der Waals surface area contributed by atoms with E-state index in [1.165, 1.54) is 0 Å². The van der Waals surface area contributed by atoms with Gasteiger partial charge in [-0.05, 0) is 11.5 Å². The Morgan fingerprint density at radius 1 is 1.27 bits per heavy atom. The predicted octanol–water partition coefficient (Wildman–Crippen LogP) is 0.855. The van der Waals surface area contributed by atoms with Gasteiger partial charge >= 0.3 is 7.48 Å². The van der Waals surface area contributed by atoms with Crippen molar-refractivity contribution < 1.29 is 13.8 Å². The molecule has 0 aliphatic carbocycles. The third kappa shape index (κ3) is 1.70. The van der Waals surface area contributed by atoms with Gasteiger partial charge in [-0.2, -0.15) is 0 Å². The van der Waals surface area contributed by atoms with Crippen molar-refractivity contribution in [1.29, 1.82) is 0 Å². The van der Waals surface area contributed by atoms with Crippen molar-refractivity contribution in [3.8, 4) is 0 Å². The smallest absolute Gasteiger partial charge is 0.329 e. The normalized spacial score (nSPS) is 9.82. The van der Waals surface area contributed by atoms with Crippen LogP contribution in [0.15, 0.2) is 12.1 Å². The maximum Gasteiger partial charge on any atom is 0.329 e. The molecule has 0 aromatic heterocycles. The lowest BCUT2D eigenvalue weighted by Gasteiger charge is -1.98. The van der Waals surface area contributed by atoms with Crippen LogP contribution in [0.5, 0.6) is 0 Å². The van der Waals surface area contributed by atoms with Crippen molar-refractivity contribution in [1.82, 2.24) is 0 Å². The number of rotatable bonds is 1. The fraction of sp³-hybridized carbons (Fsp3) is 0. The molecule has 5 heteroatoms. The first-order valence-corrected chi connectivity index (χ1v) is 3.15. The van der Waals surface area contributed by atoms with Crippen molar-refractivity contribution >= 4 is 24.5 Å². The van der Waals surface area contributed by atoms with Crippen molar-refractivity contribution in [2.75, 3.05) is 0 Å². The van der Waals surface area contributed by atoms with Crippen LogP contribution in [0.1, 0.15) is 0 Å². The van der Waals surface area contributed by atoms with Crippen LogP contribution in [0, 0.1) is 11.6 Å². The van der Waals surface area contributed by atoms with E-state index in [9.17, 15) is 8.78 Å². The van der Waals surface area contributed by atoms with Crippen LogP contribution in [0.3, 0.4) is 0 Å². The molecule has 0 bridgehead atoms. The molecule has 0 aliphatic rings. The molecule has 1 aromatic carbocycles. The quantitative estimate of drug-likeness (QED) is 0.496. The van der Waals surface area contributed by atoms with E-state index in [1.54, 1.807) is 0 Å². The van der Waals surface area contributed by atoms with Crippen LogP contribution in [0.4, 0.5) is 8.78 Å². The summed E-state index contributed by atoms with van der Waals surface area (Å²) in [6, 6.07) is 1.62. The maximum atomic E-state index is 12.5. The standard InChI is InChI=1S/C6H3BClF2O/c8-4-1-3(7-11)5(9)2-6(4)10/h1-2,11H. The minimum absolute atomic E-state index is 0.128. The first-order valence-electron chi connectivity index (χ1n) is 2.77. The van der Waals surface area contributed by atoms with Gasteiger partial charge in [0, 0.05) is 6.07 Å². The summed E-state index contributed by atoms with van der Waals surface area (Å²) in [7, 11) is 0.528. The molecule has 1 rings (SSSR count). The Labute approximate surface area is 67.9 Å². The van der Waals surface area contributed by atoms with E-state index in [0.717, 1.165) is 6.07 Å². The minimum atomic E-state index is -0.839. The molecule has 1 radical (unpaired) electrons. The first kappa shape index (κ1) is 8.49. The highest BCUT2D eigenvalue weighted by atomic mass is 35.5. The van der Waals surface area contributed by atoms with E-state index in [0.29, 0.717) is 13.5 Å². The summed E-state index contributed by atoms with van der Waals surface area (Å²) < 4.78 is 25.0. The Kier molecular flexibility index (Phi) is 2.47. The Morgan fingerprint density at radius 3 is 2.45 bits per heavy atom. The van der Waals surface area contributed by atoms with Gasteiger partial charge in [-0.15, -0.1) is 0 Å². The number of hydrogen-bond acceptors (Lipinski definition) is 1. The van der Waals surface area contributed by atoms with E-state index in [4.69, 9.17) is 16.6 Å². The van der Waals surface area contributed by atoms with Gasteiger partial charge < -0.3 is 5.02 Å². The molecule has 11 heavy (non-hydrogen) atoms. The highest BCUT2D eigenvalue weighted by Crippen LogP contribution is 2.12. The Bertz CT molecular complexity index is 280. The summed E-state index contributed by atoms with van der Waals surface area (Å²) in [5, 5.41) is 8.17. The zero-order valence-corrected chi connectivity index (χ0v) is 6.07. The summed E-state index contributed by atoms with van der Waals surface area (Å²) in [4.78, 5) is 0. The largest absolute Gasteiger partial charge is 0.450 e. The van der Waals surface area contributed by atoms with Crippen LogP contribution < -0.4 is 5.46 Å². The molecule has 0 amide bonds. The third-order valence-electron chi connectivity index (χ3n) is 1.18. The van der Waals surface area contributed by atoms with E-state index < -0.39 is 11.6 Å². The summed E-state index contributed by atoms with van der Waals surface area (Å²) >= 11 is 5.29. The molecule has 0 fully saturated rings. The van der Waals surface area contributed by atoms with Gasteiger partial charge in [-0.3, -0.25) is 0 Å². The maximum absolute atomic E-state index is 12.5. The van der Waals surface area contributed by atoms with Crippen molar-refractivity contribution in [3.63, 3.8) is 0 Å². The summed E-state index contributed by atoms with van der Waals surface area (Å²) in [5.41, 5.74) is -0.128. The lowest BCUT2D eigenvalue weighted by Crippen LogP contribution is -2.18. The average Bonchev–Trinajstić information content (AvgIpc) is 1.97. The van der Waals surface area contributed by atoms with Gasteiger partial charge in [0.15, 0.2) is 0 Å². The van der Waals surface area contributed by atoms with E-state index in [-0.39, 0.29) is 10.5 Å². The van der Waals surface area contributed by atoms with Crippen molar-refractivity contribution in [2.24, 2.45) is 0 Å². The molecule has 0 unspecified atom stereocenters. The van der Waals surface area contributed by atoms with Crippen LogP contribution in [0.2, 0.25) is 5.02 Å². The molecule has 1 aromatic rings. The summed E-state index contributed by atoms with van der Waals surface area (Å²) in [6.45, 7) is 0. The van der Waals surface area contributed by atoms with Gasteiger partial charge in [0.25, 0.3) is 0 Å². The molecule has 1 nitrogen and oxygen atoms in total. The minimum Gasteiger partial charge on any atom is -0.450 e. The van der Waals surface area contributed by atoms with Crippen LogP contribution in [-0.4, -0.2) is 12.5 Å². The number of benzene rings is 1. The van der Waals surface area contributed by atoms with Crippen LogP contribution in [0.25, 0.3) is 0 Å². The van der Waals surface area contributed by atoms with Gasteiger partial charge in [0.1, 0.15) is 11.6 Å². The van der Waals surface area contributed by atoms with Crippen LogP contribution >= 0.6 is 11.6 Å². The van der Waals surface area contributed by atoms with Crippen molar-refractivity contribution in [3.05, 3.63) is 28.8 Å². The predicted molar refractivity (Wildman–Crippen MR) is 39.0 cm³/mol. The van der Waals surface area contributed by atoms with Gasteiger partial charge in [-0.25, -0.2) is 8.78 Å². The van der Waals surface area contributed by atoms with Gasteiger partial charge in [0.05, 0.1) is 5.02 Å². The highest BCUT2D eigenvalue weighted by molar-refractivity contribution is 6.46. The lowest BCUT2D eigenvalue weighted by atomic mass is 9.88. The third-order valence-corrected chi connectivity index (χ3v) is 1.47. The average molecular weight is 175 g/mol. The number of halogens is 3. The molecular weight excluding hydrogens is 172 g/mol. The number of hydrogen-bond donors (Lipinski definition) is 1. The first-order chi connectivity index (χ1) is 5.15. The zero-order chi connectivity index (χ0) is 8.43. The Hall–Kier alpha value is -0.605. The van der Waals surface area contributed by atoms with Gasteiger partial charge in [-0.1, -0.05) is 11.6 Å². The molecule has 57 valence electrons. The second-order valence-corrected chi connectivity index (χ2v) is 2.32. The zero-order valence-electron chi connectivity index (χ0n) is 5.31. The monoisotopic (exact) mass is 175 g/mol. The molecule has 1 N–H and O–H groups in total. The van der Waals surface area contributed by atoms with E-state index >= 15 is 0 Å². The molecule has 0 heterocycles. The Balaban J connectivity index is 3.21. The molecule has 0 saturated carbocycles. The molecule has 0 saturated heterocycles. The second kappa shape index (κ2) is 3.20. The molecule has 0 atom stereocenters.